The van der Waals surface area contributed by atoms with Gasteiger partial charge in [0.25, 0.3) is 0 Å². The molecule has 3 rings (SSSR count). The molecule has 2 aromatic carbocycles. The number of anilines is 2. The second-order valence-corrected chi connectivity index (χ2v) is 5.19. The van der Waals surface area contributed by atoms with Gasteiger partial charge in [-0.15, -0.1) is 0 Å². The summed E-state index contributed by atoms with van der Waals surface area (Å²) in [6.45, 7) is 0.460. The van der Waals surface area contributed by atoms with Crippen LogP contribution in [0.25, 0.3) is 0 Å². The van der Waals surface area contributed by atoms with E-state index in [1.54, 1.807) is 30.6 Å². The predicted octanol–water partition coefficient (Wildman–Crippen LogP) is 4.10. The zero-order valence-electron chi connectivity index (χ0n) is 12.8. The van der Waals surface area contributed by atoms with E-state index in [-0.39, 0.29) is 5.56 Å². The van der Waals surface area contributed by atoms with Gasteiger partial charge in [0.05, 0.1) is 5.56 Å². The molecule has 0 aliphatic heterocycles. The van der Waals surface area contributed by atoms with E-state index in [1.807, 2.05) is 42.5 Å². The molecular formula is C19H16N2O3. The molecule has 0 saturated heterocycles. The number of carboxylic acids is 1. The van der Waals surface area contributed by atoms with Gasteiger partial charge in [-0.2, -0.15) is 0 Å². The largest absolute Gasteiger partial charge is 0.489 e. The summed E-state index contributed by atoms with van der Waals surface area (Å²) in [5, 5.41) is 12.2. The maximum Gasteiger partial charge on any atom is 0.335 e. The van der Waals surface area contributed by atoms with Crippen molar-refractivity contribution in [3.05, 3.63) is 84.2 Å². The summed E-state index contributed by atoms with van der Waals surface area (Å²) >= 11 is 0. The lowest BCUT2D eigenvalue weighted by molar-refractivity contribution is 0.0697. The first-order valence-electron chi connectivity index (χ1n) is 7.43. The number of nitrogens with one attached hydrogen (secondary N) is 1. The molecule has 0 saturated carbocycles. The lowest BCUT2D eigenvalue weighted by atomic mass is 10.2. The van der Waals surface area contributed by atoms with Crippen LogP contribution in [0.15, 0.2) is 73.1 Å². The van der Waals surface area contributed by atoms with Crippen molar-refractivity contribution in [3.63, 3.8) is 0 Å². The molecule has 3 aromatic rings. The highest BCUT2D eigenvalue weighted by Gasteiger charge is 2.03. The number of pyridine rings is 1. The highest BCUT2D eigenvalue weighted by molar-refractivity contribution is 5.89. The van der Waals surface area contributed by atoms with Crippen molar-refractivity contribution >= 4 is 17.3 Å². The van der Waals surface area contributed by atoms with Crippen molar-refractivity contribution in [1.29, 1.82) is 0 Å². The molecule has 0 fully saturated rings. The molecule has 0 spiro atoms. The third kappa shape index (κ3) is 4.10. The zero-order chi connectivity index (χ0) is 16.8. The fourth-order valence-corrected chi connectivity index (χ4v) is 2.18. The van der Waals surface area contributed by atoms with Crippen LogP contribution < -0.4 is 10.1 Å². The predicted molar refractivity (Wildman–Crippen MR) is 91.7 cm³/mol. The normalized spacial score (nSPS) is 10.2. The van der Waals surface area contributed by atoms with E-state index in [0.29, 0.717) is 6.61 Å². The minimum Gasteiger partial charge on any atom is -0.489 e. The number of ether oxygens (including phenoxy) is 1. The van der Waals surface area contributed by atoms with Crippen LogP contribution in [0.3, 0.4) is 0 Å². The number of hydrogen-bond acceptors (Lipinski definition) is 4. The summed E-state index contributed by atoms with van der Waals surface area (Å²) in [5.74, 6) is -0.193. The topological polar surface area (TPSA) is 71.5 Å². The van der Waals surface area contributed by atoms with Gasteiger partial charge >= 0.3 is 5.97 Å². The van der Waals surface area contributed by atoms with Crippen molar-refractivity contribution in [1.82, 2.24) is 4.98 Å². The second kappa shape index (κ2) is 7.28. The van der Waals surface area contributed by atoms with E-state index in [4.69, 9.17) is 9.84 Å². The van der Waals surface area contributed by atoms with Gasteiger partial charge in [-0.05, 0) is 48.5 Å². The quantitative estimate of drug-likeness (QED) is 0.715. The van der Waals surface area contributed by atoms with Crippen molar-refractivity contribution in [2.45, 2.75) is 6.61 Å². The first kappa shape index (κ1) is 15.6. The van der Waals surface area contributed by atoms with Gasteiger partial charge in [-0.1, -0.05) is 12.1 Å². The molecule has 1 aromatic heterocycles. The molecule has 120 valence electrons. The van der Waals surface area contributed by atoms with E-state index in [2.05, 4.69) is 10.3 Å². The summed E-state index contributed by atoms with van der Waals surface area (Å²) < 4.78 is 5.70. The monoisotopic (exact) mass is 320 g/mol. The molecule has 0 bridgehead atoms. The van der Waals surface area contributed by atoms with Crippen LogP contribution >= 0.6 is 0 Å². The third-order valence-corrected chi connectivity index (χ3v) is 3.38. The lowest BCUT2D eigenvalue weighted by Gasteiger charge is -2.09. The van der Waals surface area contributed by atoms with E-state index < -0.39 is 5.97 Å². The minimum atomic E-state index is -0.946. The van der Waals surface area contributed by atoms with Crippen LogP contribution in [-0.4, -0.2) is 16.1 Å². The van der Waals surface area contributed by atoms with Crippen molar-refractivity contribution in [3.8, 4) is 5.75 Å². The highest BCUT2D eigenvalue weighted by Crippen LogP contribution is 2.21. The average Bonchev–Trinajstić information content (AvgIpc) is 2.62. The Morgan fingerprint density at radius 3 is 2.58 bits per heavy atom. The van der Waals surface area contributed by atoms with Crippen LogP contribution in [0, 0.1) is 0 Å². The maximum absolute atomic E-state index is 11.0. The lowest BCUT2D eigenvalue weighted by Crippen LogP contribution is -1.98. The van der Waals surface area contributed by atoms with Crippen LogP contribution in [0.1, 0.15) is 15.9 Å². The summed E-state index contributed by atoms with van der Waals surface area (Å²) in [6.07, 6.45) is 3.49. The summed E-state index contributed by atoms with van der Waals surface area (Å²) in [5.41, 5.74) is 2.83. The molecule has 24 heavy (non-hydrogen) atoms. The molecule has 0 radical (unpaired) electrons. The number of aromatic carboxylic acids is 1. The zero-order valence-corrected chi connectivity index (χ0v) is 12.8. The standard InChI is InChI=1S/C19H16N2O3/c22-19(23)15-4-1-5-17(11-15)21-16-6-8-18(9-7-16)24-13-14-3-2-10-20-12-14/h1-12,21H,13H2,(H,22,23). The Balaban J connectivity index is 1.62. The van der Waals surface area contributed by atoms with E-state index >= 15 is 0 Å². The second-order valence-electron chi connectivity index (χ2n) is 5.19. The summed E-state index contributed by atoms with van der Waals surface area (Å²) in [7, 11) is 0. The Bertz CT molecular complexity index is 818. The molecule has 1 heterocycles. The molecule has 0 atom stereocenters. The molecule has 5 heteroatoms. The van der Waals surface area contributed by atoms with Crippen LogP contribution in [-0.2, 0) is 6.61 Å². The van der Waals surface area contributed by atoms with Gasteiger partial charge < -0.3 is 15.2 Å². The Kier molecular flexibility index (Phi) is 4.72. The van der Waals surface area contributed by atoms with Crippen LogP contribution in [0.4, 0.5) is 11.4 Å². The van der Waals surface area contributed by atoms with Crippen LogP contribution in [0.5, 0.6) is 5.75 Å². The molecule has 0 amide bonds. The van der Waals surface area contributed by atoms with Gasteiger partial charge in [0.1, 0.15) is 12.4 Å². The van der Waals surface area contributed by atoms with Gasteiger partial charge in [-0.25, -0.2) is 4.79 Å². The summed E-state index contributed by atoms with van der Waals surface area (Å²) in [4.78, 5) is 15.0. The number of carboxylic acid groups (broad SMARTS) is 1. The smallest absolute Gasteiger partial charge is 0.335 e. The number of aromatic nitrogens is 1. The number of rotatable bonds is 6. The van der Waals surface area contributed by atoms with E-state index in [0.717, 1.165) is 22.7 Å². The van der Waals surface area contributed by atoms with Gasteiger partial charge in [0, 0.05) is 29.3 Å². The first-order valence-corrected chi connectivity index (χ1v) is 7.43. The molecular weight excluding hydrogens is 304 g/mol. The Labute approximate surface area is 139 Å². The SMILES string of the molecule is O=C(O)c1cccc(Nc2ccc(OCc3cccnc3)cc2)c1. The Hall–Kier alpha value is -3.34. The van der Waals surface area contributed by atoms with Gasteiger partial charge in [-0.3, -0.25) is 4.98 Å². The number of benzene rings is 2. The minimum absolute atomic E-state index is 0.247. The van der Waals surface area contributed by atoms with Gasteiger partial charge in [0.2, 0.25) is 0 Å². The molecule has 0 aliphatic carbocycles. The number of hydrogen-bond donors (Lipinski definition) is 2. The average molecular weight is 320 g/mol. The van der Waals surface area contributed by atoms with Crippen molar-refractivity contribution < 1.29 is 14.6 Å². The molecule has 0 aliphatic rings. The maximum atomic E-state index is 11.0. The van der Waals surface area contributed by atoms with E-state index in [9.17, 15) is 4.79 Å². The van der Waals surface area contributed by atoms with Crippen molar-refractivity contribution in [2.75, 3.05) is 5.32 Å². The number of nitrogens with zero attached hydrogens (tertiary/aromatic N) is 1. The fourth-order valence-electron chi connectivity index (χ4n) is 2.18. The fraction of sp³-hybridized carbons (Fsp3) is 0.0526. The first-order chi connectivity index (χ1) is 11.7. The summed E-state index contributed by atoms with van der Waals surface area (Å²) in [6, 6.07) is 18.0. The Morgan fingerprint density at radius 1 is 1.04 bits per heavy atom. The molecule has 0 unspecified atom stereocenters. The number of carbonyl (C=O) groups is 1. The van der Waals surface area contributed by atoms with Crippen LogP contribution in [0.2, 0.25) is 0 Å². The highest BCUT2D eigenvalue weighted by atomic mass is 16.5. The third-order valence-electron chi connectivity index (χ3n) is 3.38. The van der Waals surface area contributed by atoms with Crippen molar-refractivity contribution in [2.24, 2.45) is 0 Å². The van der Waals surface area contributed by atoms with E-state index in [1.165, 1.54) is 0 Å². The van der Waals surface area contributed by atoms with Gasteiger partial charge in [0.15, 0.2) is 0 Å². The molecule has 5 nitrogen and oxygen atoms in total. The Morgan fingerprint density at radius 2 is 1.88 bits per heavy atom. The molecule has 2 N–H and O–H groups in total.